The lowest BCUT2D eigenvalue weighted by Crippen LogP contribution is -2.38. The lowest BCUT2D eigenvalue weighted by molar-refractivity contribution is -0.142. The van der Waals surface area contributed by atoms with Gasteiger partial charge in [-0.1, -0.05) is 36.1 Å². The van der Waals surface area contributed by atoms with Crippen molar-refractivity contribution in [3.05, 3.63) is 64.4 Å². The van der Waals surface area contributed by atoms with Crippen LogP contribution in [-0.2, 0) is 14.4 Å². The standard InChI is InChI=1S/C22H18N2O3S/c25-20(14-24-21(26)18-8-1-2-9-19(18)22(24)27)23-16-6-3-5-15(13-16)10-11-17-7-4-12-28-17/h1-7,12-13,18-19H,8-9,14H2,(H,23,25). The van der Waals surface area contributed by atoms with Crippen LogP contribution in [0.25, 0.3) is 0 Å². The molecule has 6 heteroatoms. The molecule has 2 heterocycles. The summed E-state index contributed by atoms with van der Waals surface area (Å²) in [7, 11) is 0. The number of hydrogen-bond acceptors (Lipinski definition) is 4. The Balaban J connectivity index is 1.41. The highest BCUT2D eigenvalue weighted by atomic mass is 32.1. The molecule has 0 saturated carbocycles. The van der Waals surface area contributed by atoms with Crippen LogP contribution in [0.2, 0.25) is 0 Å². The molecule has 140 valence electrons. The van der Waals surface area contributed by atoms with Gasteiger partial charge in [-0.2, -0.15) is 0 Å². The second-order valence-electron chi connectivity index (χ2n) is 6.77. The van der Waals surface area contributed by atoms with E-state index in [0.29, 0.717) is 18.5 Å². The molecule has 0 radical (unpaired) electrons. The number of allylic oxidation sites excluding steroid dienone is 2. The number of fused-ring (bicyclic) bond motifs is 1. The number of likely N-dealkylation sites (tertiary alicyclic amines) is 1. The van der Waals surface area contributed by atoms with Crippen LogP contribution in [0.3, 0.4) is 0 Å². The monoisotopic (exact) mass is 390 g/mol. The molecule has 4 rings (SSSR count). The molecule has 28 heavy (non-hydrogen) atoms. The number of benzene rings is 1. The van der Waals surface area contributed by atoms with Crippen LogP contribution in [0.5, 0.6) is 0 Å². The van der Waals surface area contributed by atoms with Crippen LogP contribution in [0, 0.1) is 23.7 Å². The topological polar surface area (TPSA) is 66.5 Å². The zero-order valence-electron chi connectivity index (χ0n) is 15.1. The highest BCUT2D eigenvalue weighted by Crippen LogP contribution is 2.34. The maximum absolute atomic E-state index is 12.5. The molecule has 0 spiro atoms. The average molecular weight is 390 g/mol. The van der Waals surface area contributed by atoms with E-state index in [1.807, 2.05) is 35.7 Å². The van der Waals surface area contributed by atoms with Crippen LogP contribution in [0.1, 0.15) is 23.3 Å². The number of carbonyl (C=O) groups excluding carboxylic acids is 3. The number of nitrogens with zero attached hydrogens (tertiary/aromatic N) is 1. The van der Waals surface area contributed by atoms with E-state index < -0.39 is 5.91 Å². The Morgan fingerprint density at radius 3 is 2.50 bits per heavy atom. The fraction of sp³-hybridized carbons (Fsp3) is 0.227. The van der Waals surface area contributed by atoms with Gasteiger partial charge in [0.15, 0.2) is 0 Å². The first kappa shape index (κ1) is 18.2. The Hall–Kier alpha value is -3.17. The number of hydrogen-bond donors (Lipinski definition) is 1. The molecular formula is C22H18N2O3S. The molecule has 1 aliphatic heterocycles. The number of thiophene rings is 1. The molecule has 1 N–H and O–H groups in total. The van der Waals surface area contributed by atoms with Crippen molar-refractivity contribution in [1.82, 2.24) is 4.90 Å². The van der Waals surface area contributed by atoms with Gasteiger partial charge in [0.05, 0.1) is 16.7 Å². The van der Waals surface area contributed by atoms with Gasteiger partial charge in [-0.3, -0.25) is 19.3 Å². The van der Waals surface area contributed by atoms with Gasteiger partial charge >= 0.3 is 0 Å². The highest BCUT2D eigenvalue weighted by molar-refractivity contribution is 7.10. The van der Waals surface area contributed by atoms with Gasteiger partial charge in [0.1, 0.15) is 6.54 Å². The van der Waals surface area contributed by atoms with Gasteiger partial charge < -0.3 is 5.32 Å². The van der Waals surface area contributed by atoms with Gasteiger partial charge in [-0.25, -0.2) is 0 Å². The average Bonchev–Trinajstić information content (AvgIpc) is 3.30. The quantitative estimate of drug-likeness (QED) is 0.498. The molecule has 1 aliphatic carbocycles. The van der Waals surface area contributed by atoms with Crippen LogP contribution >= 0.6 is 11.3 Å². The van der Waals surface area contributed by atoms with Crippen LogP contribution < -0.4 is 5.32 Å². The number of nitrogens with one attached hydrogen (secondary N) is 1. The summed E-state index contributed by atoms with van der Waals surface area (Å²) in [4.78, 5) is 39.4. The summed E-state index contributed by atoms with van der Waals surface area (Å²) >= 11 is 1.57. The summed E-state index contributed by atoms with van der Waals surface area (Å²) in [6, 6.07) is 11.1. The van der Waals surface area contributed by atoms with Crippen LogP contribution in [0.15, 0.2) is 53.9 Å². The first-order chi connectivity index (χ1) is 13.6. The summed E-state index contributed by atoms with van der Waals surface area (Å²) in [5, 5.41) is 4.73. The van der Waals surface area contributed by atoms with Crippen molar-refractivity contribution in [3.63, 3.8) is 0 Å². The lowest BCUT2D eigenvalue weighted by atomic mass is 9.85. The van der Waals surface area contributed by atoms with E-state index in [1.54, 1.807) is 29.5 Å². The zero-order chi connectivity index (χ0) is 19.5. The second-order valence-corrected chi connectivity index (χ2v) is 7.72. The molecule has 5 nitrogen and oxygen atoms in total. The van der Waals surface area contributed by atoms with Crippen molar-refractivity contribution in [3.8, 4) is 11.8 Å². The third kappa shape index (κ3) is 3.75. The lowest BCUT2D eigenvalue weighted by Gasteiger charge is -2.14. The van der Waals surface area contributed by atoms with E-state index in [2.05, 4.69) is 17.2 Å². The van der Waals surface area contributed by atoms with E-state index in [1.165, 1.54) is 0 Å². The van der Waals surface area contributed by atoms with E-state index >= 15 is 0 Å². The fourth-order valence-electron chi connectivity index (χ4n) is 3.53. The van der Waals surface area contributed by atoms with Crippen molar-refractivity contribution in [1.29, 1.82) is 0 Å². The van der Waals surface area contributed by atoms with E-state index in [4.69, 9.17) is 0 Å². The molecular weight excluding hydrogens is 372 g/mol. The van der Waals surface area contributed by atoms with E-state index in [-0.39, 0.29) is 30.2 Å². The van der Waals surface area contributed by atoms with Crippen LogP contribution in [-0.4, -0.2) is 29.2 Å². The van der Waals surface area contributed by atoms with Crippen LogP contribution in [0.4, 0.5) is 5.69 Å². The van der Waals surface area contributed by atoms with Crippen molar-refractivity contribution in [2.75, 3.05) is 11.9 Å². The maximum Gasteiger partial charge on any atom is 0.244 e. The Morgan fingerprint density at radius 1 is 1.07 bits per heavy atom. The largest absolute Gasteiger partial charge is 0.324 e. The van der Waals surface area contributed by atoms with Gasteiger partial charge in [0, 0.05) is 11.3 Å². The van der Waals surface area contributed by atoms with Crippen molar-refractivity contribution in [2.24, 2.45) is 11.8 Å². The Bertz CT molecular complexity index is 988. The van der Waals surface area contributed by atoms with Gasteiger partial charge in [-0.15, -0.1) is 11.3 Å². The third-order valence-corrected chi connectivity index (χ3v) is 5.68. The molecule has 2 unspecified atom stereocenters. The van der Waals surface area contributed by atoms with Gasteiger partial charge in [0.2, 0.25) is 17.7 Å². The molecule has 1 fully saturated rings. The molecule has 2 atom stereocenters. The zero-order valence-corrected chi connectivity index (χ0v) is 15.9. The molecule has 0 bridgehead atoms. The second kappa shape index (κ2) is 7.83. The molecule has 2 aliphatic rings. The highest BCUT2D eigenvalue weighted by Gasteiger charge is 2.47. The predicted octanol–water partition coefficient (Wildman–Crippen LogP) is 3.04. The first-order valence-corrected chi connectivity index (χ1v) is 9.95. The summed E-state index contributed by atoms with van der Waals surface area (Å²) in [5.74, 6) is 4.62. The normalized spacial score (nSPS) is 20.5. The number of amides is 3. The minimum absolute atomic E-state index is 0.245. The number of anilines is 1. The van der Waals surface area contributed by atoms with Gasteiger partial charge in [0.25, 0.3) is 0 Å². The summed E-state index contributed by atoms with van der Waals surface area (Å²) < 4.78 is 0. The smallest absolute Gasteiger partial charge is 0.244 e. The Kier molecular flexibility index (Phi) is 5.09. The molecule has 3 amide bonds. The van der Waals surface area contributed by atoms with Crippen molar-refractivity contribution in [2.45, 2.75) is 12.8 Å². The molecule has 2 aromatic rings. The van der Waals surface area contributed by atoms with Crippen molar-refractivity contribution >= 4 is 34.7 Å². The fourth-order valence-corrected chi connectivity index (χ4v) is 4.10. The van der Waals surface area contributed by atoms with Gasteiger partial charge in [-0.05, 0) is 42.5 Å². The summed E-state index contributed by atoms with van der Waals surface area (Å²) in [5.41, 5.74) is 1.36. The Morgan fingerprint density at radius 2 is 1.82 bits per heavy atom. The SMILES string of the molecule is O=C(CN1C(=O)C2CC=CCC2C1=O)Nc1cccc(C#Cc2cccs2)c1. The number of carbonyl (C=O) groups is 3. The van der Waals surface area contributed by atoms with Crippen molar-refractivity contribution < 1.29 is 14.4 Å². The Labute approximate surface area is 167 Å². The molecule has 1 aromatic heterocycles. The summed E-state index contributed by atoms with van der Waals surface area (Å²) in [6.45, 7) is -0.254. The van der Waals surface area contributed by atoms with E-state index in [0.717, 1.165) is 15.3 Å². The third-order valence-electron chi connectivity index (χ3n) is 4.90. The minimum atomic E-state index is -0.392. The molecule has 1 aromatic carbocycles. The number of rotatable bonds is 3. The minimum Gasteiger partial charge on any atom is -0.324 e. The summed E-state index contributed by atoms with van der Waals surface area (Å²) in [6.07, 6.45) is 4.99. The number of imide groups is 1. The molecule has 1 saturated heterocycles. The van der Waals surface area contributed by atoms with E-state index in [9.17, 15) is 14.4 Å². The first-order valence-electron chi connectivity index (χ1n) is 9.07. The maximum atomic E-state index is 12.5. The predicted molar refractivity (Wildman–Crippen MR) is 107 cm³/mol.